The monoisotopic (exact) mass is 358 g/mol. The molecule has 0 bridgehead atoms. The Morgan fingerprint density at radius 3 is 2.81 bits per heavy atom. The fourth-order valence-electron chi connectivity index (χ4n) is 4.27. The molecule has 1 aliphatic heterocycles. The molecule has 0 atom stereocenters. The van der Waals surface area contributed by atoms with Crippen LogP contribution in [-0.2, 0) is 0 Å². The lowest BCUT2D eigenvalue weighted by Gasteiger charge is -2.21. The van der Waals surface area contributed by atoms with Gasteiger partial charge in [-0.15, -0.1) is 0 Å². The van der Waals surface area contributed by atoms with Gasteiger partial charge in [-0.25, -0.2) is 15.0 Å². The summed E-state index contributed by atoms with van der Waals surface area (Å²) in [6.45, 7) is 0.782. The fraction of sp³-hybridized carbons (Fsp3) is 0.318. The summed E-state index contributed by atoms with van der Waals surface area (Å²) in [5.41, 5.74) is 5.60. The van der Waals surface area contributed by atoms with E-state index in [0.29, 0.717) is 11.8 Å². The Balaban J connectivity index is 1.57. The highest BCUT2D eigenvalue weighted by molar-refractivity contribution is 5.93. The van der Waals surface area contributed by atoms with Crippen LogP contribution in [0.3, 0.4) is 0 Å². The maximum atomic E-state index is 5.42. The minimum absolute atomic E-state index is 0.603. The normalized spacial score (nSPS) is 16.7. The van der Waals surface area contributed by atoms with Crippen molar-refractivity contribution in [2.24, 2.45) is 0 Å². The zero-order valence-corrected chi connectivity index (χ0v) is 15.4. The van der Waals surface area contributed by atoms with Gasteiger partial charge in [-0.3, -0.25) is 0 Å². The van der Waals surface area contributed by atoms with Crippen LogP contribution in [0.1, 0.15) is 48.4 Å². The zero-order valence-electron chi connectivity index (χ0n) is 15.4. The fourth-order valence-corrected chi connectivity index (χ4v) is 4.27. The number of pyridine rings is 1. The Bertz CT molecular complexity index is 1040. The molecule has 2 aromatic heterocycles. The summed E-state index contributed by atoms with van der Waals surface area (Å²) in [6.07, 6.45) is 8.93. The maximum Gasteiger partial charge on any atom is 0.224 e. The summed E-state index contributed by atoms with van der Waals surface area (Å²) in [7, 11) is 1.64. The number of nitrogens with one attached hydrogen (secondary N) is 1. The SMILES string of the molecule is COc1ncnc2ccc(C3=CCNc4nc(C5CCCC5)ccc43)cc12. The van der Waals surface area contributed by atoms with Crippen LogP contribution in [0.4, 0.5) is 5.82 Å². The number of ether oxygens (including phenoxy) is 1. The molecule has 136 valence electrons. The molecule has 1 fully saturated rings. The van der Waals surface area contributed by atoms with Gasteiger partial charge in [0.25, 0.3) is 0 Å². The highest BCUT2D eigenvalue weighted by atomic mass is 16.5. The van der Waals surface area contributed by atoms with Crippen molar-refractivity contribution >= 4 is 22.3 Å². The molecule has 0 radical (unpaired) electrons. The number of fused-ring (bicyclic) bond motifs is 2. The molecule has 0 unspecified atom stereocenters. The minimum Gasteiger partial charge on any atom is -0.480 e. The van der Waals surface area contributed by atoms with Crippen molar-refractivity contribution in [1.29, 1.82) is 0 Å². The first-order valence-corrected chi connectivity index (χ1v) is 9.58. The molecule has 1 saturated carbocycles. The van der Waals surface area contributed by atoms with Crippen molar-refractivity contribution in [2.45, 2.75) is 31.6 Å². The predicted octanol–water partition coefficient (Wildman–Crippen LogP) is 4.55. The van der Waals surface area contributed by atoms with E-state index in [0.717, 1.165) is 34.4 Å². The highest BCUT2D eigenvalue weighted by Gasteiger charge is 2.22. The van der Waals surface area contributed by atoms with Crippen LogP contribution in [0.2, 0.25) is 0 Å². The third-order valence-electron chi connectivity index (χ3n) is 5.66. The van der Waals surface area contributed by atoms with Gasteiger partial charge in [0.05, 0.1) is 18.0 Å². The van der Waals surface area contributed by atoms with E-state index in [1.165, 1.54) is 43.3 Å². The number of anilines is 1. The van der Waals surface area contributed by atoms with Gasteiger partial charge in [-0.05, 0) is 48.2 Å². The number of hydrogen-bond acceptors (Lipinski definition) is 5. The average molecular weight is 358 g/mol. The van der Waals surface area contributed by atoms with Crippen molar-refractivity contribution in [2.75, 3.05) is 19.0 Å². The Labute approximate surface area is 158 Å². The minimum atomic E-state index is 0.603. The van der Waals surface area contributed by atoms with Crippen molar-refractivity contribution in [1.82, 2.24) is 15.0 Å². The number of methoxy groups -OCH3 is 1. The van der Waals surface area contributed by atoms with Gasteiger partial charge in [0.1, 0.15) is 12.1 Å². The van der Waals surface area contributed by atoms with E-state index < -0.39 is 0 Å². The standard InChI is InChI=1S/C22H22N4O/c1-27-22-18-12-15(6-8-20(18)24-13-25-22)16-10-11-23-21-17(16)7-9-19(26-21)14-4-2-3-5-14/h6-10,12-14H,2-5,11H2,1H3,(H,23,26). The van der Waals surface area contributed by atoms with Crippen LogP contribution in [0.25, 0.3) is 16.5 Å². The third kappa shape index (κ3) is 2.83. The van der Waals surface area contributed by atoms with Crippen LogP contribution >= 0.6 is 0 Å². The van der Waals surface area contributed by atoms with E-state index in [-0.39, 0.29) is 0 Å². The number of nitrogens with zero attached hydrogens (tertiary/aromatic N) is 3. The van der Waals surface area contributed by atoms with E-state index in [9.17, 15) is 0 Å². The summed E-state index contributed by atoms with van der Waals surface area (Å²) in [4.78, 5) is 13.5. The van der Waals surface area contributed by atoms with Crippen LogP contribution in [0.5, 0.6) is 5.88 Å². The molecule has 0 spiro atoms. The molecule has 1 aromatic carbocycles. The van der Waals surface area contributed by atoms with Gasteiger partial charge in [0, 0.05) is 23.7 Å². The maximum absolute atomic E-state index is 5.42. The van der Waals surface area contributed by atoms with Gasteiger partial charge in [-0.1, -0.05) is 25.0 Å². The third-order valence-corrected chi connectivity index (χ3v) is 5.66. The molecular formula is C22H22N4O. The molecule has 1 N–H and O–H groups in total. The zero-order chi connectivity index (χ0) is 18.2. The van der Waals surface area contributed by atoms with Crippen LogP contribution in [-0.4, -0.2) is 28.6 Å². The van der Waals surface area contributed by atoms with Crippen molar-refractivity contribution in [3.63, 3.8) is 0 Å². The molecule has 0 saturated heterocycles. The second kappa shape index (κ2) is 6.65. The van der Waals surface area contributed by atoms with E-state index in [1.54, 1.807) is 7.11 Å². The number of hydrogen-bond donors (Lipinski definition) is 1. The molecular weight excluding hydrogens is 336 g/mol. The lowest BCUT2D eigenvalue weighted by atomic mass is 9.93. The van der Waals surface area contributed by atoms with Gasteiger partial charge in [0.2, 0.25) is 5.88 Å². The van der Waals surface area contributed by atoms with E-state index in [2.05, 4.69) is 45.6 Å². The average Bonchev–Trinajstić information content (AvgIpc) is 3.27. The van der Waals surface area contributed by atoms with Crippen LogP contribution in [0.15, 0.2) is 42.7 Å². The molecule has 3 aromatic rings. The largest absolute Gasteiger partial charge is 0.480 e. The summed E-state index contributed by atoms with van der Waals surface area (Å²) >= 11 is 0. The molecule has 5 heteroatoms. The molecule has 2 aliphatic rings. The Morgan fingerprint density at radius 1 is 1.07 bits per heavy atom. The molecule has 27 heavy (non-hydrogen) atoms. The summed E-state index contributed by atoms with van der Waals surface area (Å²) in [5, 5.41) is 4.37. The second-order valence-electron chi connectivity index (χ2n) is 7.23. The Kier molecular flexibility index (Phi) is 4.00. The molecule has 5 nitrogen and oxygen atoms in total. The molecule has 0 amide bonds. The topological polar surface area (TPSA) is 59.9 Å². The summed E-state index contributed by atoms with van der Waals surface area (Å²) in [5.74, 6) is 2.22. The van der Waals surface area contributed by atoms with Gasteiger partial charge >= 0.3 is 0 Å². The Morgan fingerprint density at radius 2 is 1.96 bits per heavy atom. The van der Waals surface area contributed by atoms with Gasteiger partial charge < -0.3 is 10.1 Å². The lowest BCUT2D eigenvalue weighted by Crippen LogP contribution is -2.12. The number of benzene rings is 1. The second-order valence-corrected chi connectivity index (χ2v) is 7.23. The number of rotatable bonds is 3. The quantitative estimate of drug-likeness (QED) is 0.744. The first-order chi connectivity index (χ1) is 13.3. The van der Waals surface area contributed by atoms with Crippen molar-refractivity contribution in [3.05, 3.63) is 59.6 Å². The first kappa shape index (κ1) is 16.2. The van der Waals surface area contributed by atoms with Gasteiger partial charge in [-0.2, -0.15) is 0 Å². The Hall–Kier alpha value is -2.95. The van der Waals surface area contributed by atoms with Crippen molar-refractivity contribution in [3.8, 4) is 5.88 Å². The molecule has 5 rings (SSSR count). The molecule has 1 aliphatic carbocycles. The molecule has 3 heterocycles. The van der Waals surface area contributed by atoms with E-state index in [4.69, 9.17) is 9.72 Å². The summed E-state index contributed by atoms with van der Waals surface area (Å²) in [6, 6.07) is 10.7. The van der Waals surface area contributed by atoms with E-state index in [1.807, 2.05) is 6.07 Å². The summed E-state index contributed by atoms with van der Waals surface area (Å²) < 4.78 is 5.42. The van der Waals surface area contributed by atoms with Crippen LogP contribution in [0, 0.1) is 0 Å². The smallest absolute Gasteiger partial charge is 0.224 e. The number of aromatic nitrogens is 3. The lowest BCUT2D eigenvalue weighted by molar-refractivity contribution is 0.402. The van der Waals surface area contributed by atoms with Crippen molar-refractivity contribution < 1.29 is 4.74 Å². The van der Waals surface area contributed by atoms with Crippen LogP contribution < -0.4 is 10.1 Å². The van der Waals surface area contributed by atoms with Gasteiger partial charge in [0.15, 0.2) is 0 Å². The van der Waals surface area contributed by atoms with E-state index >= 15 is 0 Å². The first-order valence-electron chi connectivity index (χ1n) is 9.58. The predicted molar refractivity (Wildman–Crippen MR) is 107 cm³/mol. The highest BCUT2D eigenvalue weighted by Crippen LogP contribution is 2.37.